The van der Waals surface area contributed by atoms with Gasteiger partial charge in [0.1, 0.15) is 0 Å². The van der Waals surface area contributed by atoms with Gasteiger partial charge in [-0.25, -0.2) is 4.39 Å². The fourth-order valence-electron chi connectivity index (χ4n) is 2.66. The van der Waals surface area contributed by atoms with Crippen LogP contribution in [0.15, 0.2) is 18.2 Å². The number of hydrogen-bond donors (Lipinski definition) is 3. The first kappa shape index (κ1) is 19.0. The van der Waals surface area contributed by atoms with Gasteiger partial charge >= 0.3 is 0 Å². The zero-order valence-corrected chi connectivity index (χ0v) is 14.9. The number of halogens is 2. The van der Waals surface area contributed by atoms with E-state index in [0.29, 0.717) is 25.1 Å². The monoisotopic (exact) mass is 355 g/mol. The number of piperidine rings is 1. The van der Waals surface area contributed by atoms with Gasteiger partial charge in [0.15, 0.2) is 5.82 Å². The van der Waals surface area contributed by atoms with Crippen LogP contribution < -0.4 is 16.0 Å². The summed E-state index contributed by atoms with van der Waals surface area (Å²) in [6, 6.07) is 5.98. The molecule has 1 radical (unpaired) electrons. The number of carbonyl (C=O) groups is 1. The molecule has 1 aliphatic rings. The summed E-state index contributed by atoms with van der Waals surface area (Å²) in [5.74, 6) is -0.410. The molecule has 1 aromatic rings. The fraction of sp³-hybridized carbons (Fsp3) is 0.529. The van der Waals surface area contributed by atoms with Gasteiger partial charge in [-0.2, -0.15) is 0 Å². The summed E-state index contributed by atoms with van der Waals surface area (Å²) in [5.41, 5.74) is 0.383. The Hall–Kier alpha value is -1.37. The van der Waals surface area contributed by atoms with Crippen molar-refractivity contribution in [2.24, 2.45) is 0 Å². The Balaban J connectivity index is 1.81. The Morgan fingerprint density at radius 3 is 3.00 bits per heavy atom. The SMILES string of the molecule is CN(C)CCNC(=O)CC1C[C](Nc2cccc(Cl)c2F)CCN1. The van der Waals surface area contributed by atoms with Gasteiger partial charge in [-0.3, -0.25) is 4.79 Å². The smallest absolute Gasteiger partial charge is 0.221 e. The van der Waals surface area contributed by atoms with Crippen LogP contribution in [0.3, 0.4) is 0 Å². The van der Waals surface area contributed by atoms with Gasteiger partial charge in [0.2, 0.25) is 5.91 Å². The minimum Gasteiger partial charge on any atom is -0.375 e. The van der Waals surface area contributed by atoms with Crippen molar-refractivity contribution in [3.05, 3.63) is 35.1 Å². The number of anilines is 1. The second-order valence-corrected chi connectivity index (χ2v) is 6.70. The minimum absolute atomic E-state index is 0.0320. The quantitative estimate of drug-likeness (QED) is 0.702. The Labute approximate surface area is 147 Å². The zero-order chi connectivity index (χ0) is 17.5. The van der Waals surface area contributed by atoms with Crippen LogP contribution in [-0.2, 0) is 4.79 Å². The first-order chi connectivity index (χ1) is 11.5. The van der Waals surface area contributed by atoms with Crippen molar-refractivity contribution in [1.82, 2.24) is 15.5 Å². The standard InChI is InChI=1S/C17H25ClFN4O/c1-23(2)9-8-21-16(24)11-13-10-12(6-7-20-13)22-15-5-3-4-14(18)17(15)19/h3-5,13,20,22H,6-11H2,1-2H3,(H,21,24). The highest BCUT2D eigenvalue weighted by molar-refractivity contribution is 6.31. The van der Waals surface area contributed by atoms with Crippen LogP contribution in [0.4, 0.5) is 10.1 Å². The van der Waals surface area contributed by atoms with Gasteiger partial charge in [0, 0.05) is 25.6 Å². The number of benzene rings is 1. The van der Waals surface area contributed by atoms with E-state index in [4.69, 9.17) is 11.6 Å². The van der Waals surface area contributed by atoms with E-state index in [-0.39, 0.29) is 17.0 Å². The number of nitrogens with zero attached hydrogens (tertiary/aromatic N) is 1. The summed E-state index contributed by atoms with van der Waals surface area (Å²) in [7, 11) is 3.94. The van der Waals surface area contributed by atoms with E-state index >= 15 is 0 Å². The maximum atomic E-state index is 14.0. The number of amides is 1. The number of nitrogens with one attached hydrogen (secondary N) is 3. The molecule has 0 bridgehead atoms. The number of carbonyl (C=O) groups excluding carboxylic acids is 1. The number of hydrogen-bond acceptors (Lipinski definition) is 4. The predicted octanol–water partition coefficient (Wildman–Crippen LogP) is 2.24. The fourth-order valence-corrected chi connectivity index (χ4v) is 2.84. The Morgan fingerprint density at radius 2 is 2.25 bits per heavy atom. The molecule has 1 aromatic carbocycles. The summed E-state index contributed by atoms with van der Waals surface area (Å²) < 4.78 is 14.0. The van der Waals surface area contributed by atoms with Crippen LogP contribution in [0.1, 0.15) is 19.3 Å². The van der Waals surface area contributed by atoms with E-state index in [1.54, 1.807) is 12.1 Å². The third kappa shape index (κ3) is 5.92. The van der Waals surface area contributed by atoms with Gasteiger partial charge in [0.25, 0.3) is 0 Å². The first-order valence-electron chi connectivity index (χ1n) is 8.16. The molecular weight excluding hydrogens is 331 g/mol. The van der Waals surface area contributed by atoms with E-state index in [9.17, 15) is 9.18 Å². The molecule has 0 aromatic heterocycles. The molecule has 0 spiro atoms. The summed E-state index contributed by atoms with van der Waals surface area (Å²) in [6.07, 6.45) is 1.90. The third-order valence-corrected chi connectivity index (χ3v) is 4.22. The number of likely N-dealkylation sites (N-methyl/N-ethyl adjacent to an activating group) is 1. The molecule has 133 valence electrons. The average molecular weight is 356 g/mol. The molecule has 0 saturated carbocycles. The molecule has 1 atom stereocenters. The van der Waals surface area contributed by atoms with Gasteiger partial charge in [-0.15, -0.1) is 0 Å². The summed E-state index contributed by atoms with van der Waals surface area (Å²) in [5, 5.41) is 9.49. The van der Waals surface area contributed by atoms with Crippen molar-refractivity contribution >= 4 is 23.2 Å². The van der Waals surface area contributed by atoms with E-state index in [1.165, 1.54) is 6.07 Å². The van der Waals surface area contributed by atoms with Crippen LogP contribution in [-0.4, -0.2) is 50.6 Å². The Morgan fingerprint density at radius 1 is 1.46 bits per heavy atom. The molecule has 5 nitrogen and oxygen atoms in total. The highest BCUT2D eigenvalue weighted by atomic mass is 35.5. The second-order valence-electron chi connectivity index (χ2n) is 6.29. The molecule has 1 saturated heterocycles. The van der Waals surface area contributed by atoms with Gasteiger partial charge in [-0.1, -0.05) is 17.7 Å². The molecule has 1 heterocycles. The molecule has 1 amide bonds. The maximum Gasteiger partial charge on any atom is 0.221 e. The van der Waals surface area contributed by atoms with Gasteiger partial charge < -0.3 is 20.9 Å². The molecule has 24 heavy (non-hydrogen) atoms. The van der Waals surface area contributed by atoms with Crippen LogP contribution in [0.2, 0.25) is 5.02 Å². The van der Waals surface area contributed by atoms with E-state index in [0.717, 1.165) is 25.6 Å². The van der Waals surface area contributed by atoms with Crippen LogP contribution in [0.25, 0.3) is 0 Å². The second kappa shape index (κ2) is 9.20. The normalized spacial score (nSPS) is 18.6. The lowest BCUT2D eigenvalue weighted by molar-refractivity contribution is -0.121. The largest absolute Gasteiger partial charge is 0.375 e. The van der Waals surface area contributed by atoms with Gasteiger partial charge in [-0.05, 0) is 45.6 Å². The summed E-state index contributed by atoms with van der Waals surface area (Å²) in [4.78, 5) is 14.0. The molecule has 3 N–H and O–H groups in total. The van der Waals surface area contributed by atoms with E-state index in [1.807, 2.05) is 19.0 Å². The Kier molecular flexibility index (Phi) is 7.27. The molecular formula is C17H25ClFN4O. The molecule has 1 aliphatic heterocycles. The minimum atomic E-state index is -0.442. The van der Waals surface area contributed by atoms with Crippen molar-refractivity contribution < 1.29 is 9.18 Å². The topological polar surface area (TPSA) is 56.4 Å². The van der Waals surface area contributed by atoms with Crippen molar-refractivity contribution in [3.8, 4) is 0 Å². The highest BCUT2D eigenvalue weighted by Crippen LogP contribution is 2.27. The lowest BCUT2D eigenvalue weighted by atomic mass is 9.96. The lowest BCUT2D eigenvalue weighted by Gasteiger charge is -2.30. The number of rotatable bonds is 7. The summed E-state index contributed by atoms with van der Waals surface area (Å²) >= 11 is 5.81. The van der Waals surface area contributed by atoms with Crippen molar-refractivity contribution in [1.29, 1.82) is 0 Å². The molecule has 1 unspecified atom stereocenters. The van der Waals surface area contributed by atoms with Crippen molar-refractivity contribution in [3.63, 3.8) is 0 Å². The summed E-state index contributed by atoms with van der Waals surface area (Å²) in [6.45, 7) is 2.22. The zero-order valence-electron chi connectivity index (χ0n) is 14.2. The molecule has 1 fully saturated rings. The van der Waals surface area contributed by atoms with Crippen molar-refractivity contribution in [2.75, 3.05) is 39.0 Å². The predicted molar refractivity (Wildman–Crippen MR) is 95.5 cm³/mol. The van der Waals surface area contributed by atoms with Gasteiger partial charge in [0.05, 0.1) is 16.8 Å². The van der Waals surface area contributed by atoms with Crippen molar-refractivity contribution in [2.45, 2.75) is 25.3 Å². The molecule has 7 heteroatoms. The van der Waals surface area contributed by atoms with E-state index in [2.05, 4.69) is 16.0 Å². The average Bonchev–Trinajstić information content (AvgIpc) is 2.52. The molecule has 2 rings (SSSR count). The van der Waals surface area contributed by atoms with E-state index < -0.39 is 5.82 Å². The van der Waals surface area contributed by atoms with Crippen LogP contribution >= 0.6 is 11.6 Å². The lowest BCUT2D eigenvalue weighted by Crippen LogP contribution is -2.43. The Bertz CT molecular complexity index is 555. The highest BCUT2D eigenvalue weighted by Gasteiger charge is 2.24. The first-order valence-corrected chi connectivity index (χ1v) is 8.54. The maximum absolute atomic E-state index is 14.0. The van der Waals surface area contributed by atoms with Crippen LogP contribution in [0, 0.1) is 11.9 Å². The third-order valence-electron chi connectivity index (χ3n) is 3.93. The van der Waals surface area contributed by atoms with Crippen LogP contribution in [0.5, 0.6) is 0 Å². The molecule has 0 aliphatic carbocycles.